The van der Waals surface area contributed by atoms with E-state index in [1.807, 2.05) is 65.0 Å². The number of aromatic nitrogens is 8. The first-order valence-corrected chi connectivity index (χ1v) is 46.3. The number of carbonyl (C=O) groups is 3. The van der Waals surface area contributed by atoms with Crippen molar-refractivity contribution in [2.75, 3.05) is 32.8 Å². The number of benzene rings is 9. The summed E-state index contributed by atoms with van der Waals surface area (Å²) in [6.07, 6.45) is 1.07. The number of amides is 3. The van der Waals surface area contributed by atoms with Crippen LogP contribution in [0, 0.1) is 54.7 Å². The highest BCUT2D eigenvalue weighted by molar-refractivity contribution is 7.19. The third-order valence-corrected chi connectivity index (χ3v) is 27.0. The number of hydrogen-bond donors (Lipinski definition) is 1. The minimum atomic E-state index is -0.965. The first kappa shape index (κ1) is 95.6. The largest absolute Gasteiger partial charge is 0.450 e. The minimum Gasteiger partial charge on any atom is -0.450 e. The Morgan fingerprint density at radius 2 is 0.896 bits per heavy atom. The standard InChI is InChI=1S/C27H25ClFN3O4S.C27H26FN3O3.C25H20ClF2N3O4S.C21H16F2N2O2S/c1-3-16-5-9-19(10-6-16)32-24(33)23-20-11-12-30(27(35)36-4-2)15-22(20)37-25(23)31(26(32)34)14-17-7-8-18(29)13-21(17)28;1-18(2)16-29-25(32)15-19-9-13-22(14-10-19)31-26(33)23-5-3-4-6-24(23)30(27(31)34)17-20-7-11-21(28)12-8-20;1-2-35-25(34)29-10-9-18-20(13-29)36-23-21(18)22(32)31(17-7-5-15(27)6-8-17)24(33)30(23)12-14-3-4-16(28)11-19(14)26;1-12-3-4-14(13(2)9-12)11-24-18-7-8-28-19(18)20(26)25(21(24)27)17-6-5-15(22)10-16(17)23/h5-10,13H,3-4,11-12,14-15H2,1-2H3;3-14,18H,15-17H2,1-2H3,(H,29,32);3-8,11H,2,9-10,12-13H2,1H3;3-10H,11H2,1-2H3. The van der Waals surface area contributed by atoms with E-state index in [4.69, 9.17) is 32.7 Å². The first-order chi connectivity index (χ1) is 64.8. The number of rotatable bonds is 19. The van der Waals surface area contributed by atoms with Crippen molar-refractivity contribution in [3.8, 4) is 22.7 Å². The molecule has 3 amide bonds. The van der Waals surface area contributed by atoms with E-state index in [1.165, 1.54) is 124 Å². The Kier molecular flexibility index (Phi) is 29.2. The lowest BCUT2D eigenvalue weighted by molar-refractivity contribution is -0.120. The maximum atomic E-state index is 14.3. The van der Waals surface area contributed by atoms with Gasteiger partial charge in [-0.15, -0.1) is 34.0 Å². The average molecular weight is 1930 g/mol. The normalized spacial score (nSPS) is 12.3. The number of nitrogens with zero attached hydrogens (tertiary/aromatic N) is 10. The summed E-state index contributed by atoms with van der Waals surface area (Å²) < 4.78 is 103. The van der Waals surface area contributed by atoms with Crippen molar-refractivity contribution in [1.82, 2.24) is 51.7 Å². The van der Waals surface area contributed by atoms with Crippen molar-refractivity contribution in [2.45, 2.75) is 113 Å². The molecule has 35 heteroatoms. The lowest BCUT2D eigenvalue weighted by atomic mass is 10.1. The maximum absolute atomic E-state index is 14.3. The zero-order chi connectivity index (χ0) is 96.1. The first-order valence-electron chi connectivity index (χ1n) is 43.1. The van der Waals surface area contributed by atoms with Crippen LogP contribution in [0.1, 0.15) is 100 Å². The highest BCUT2D eigenvalue weighted by Crippen LogP contribution is 2.37. The van der Waals surface area contributed by atoms with Gasteiger partial charge in [0.15, 0.2) is 0 Å². The lowest BCUT2D eigenvalue weighted by Gasteiger charge is -2.25. The molecule has 9 aromatic carbocycles. The number of nitrogens with one attached hydrogen (secondary N) is 1. The number of carbonyl (C=O) groups excluding carboxylic acids is 3. The molecule has 0 radical (unpaired) electrons. The van der Waals surface area contributed by atoms with E-state index in [2.05, 4.69) is 5.32 Å². The van der Waals surface area contributed by atoms with Crippen molar-refractivity contribution >= 4 is 117 Å². The van der Waals surface area contributed by atoms with Gasteiger partial charge in [0, 0.05) is 45.5 Å². The van der Waals surface area contributed by atoms with Crippen molar-refractivity contribution in [3.05, 3.63) is 399 Å². The monoisotopic (exact) mass is 1930 g/mol. The van der Waals surface area contributed by atoms with Crippen LogP contribution in [-0.2, 0) is 79.2 Å². The summed E-state index contributed by atoms with van der Waals surface area (Å²) in [5.74, 6) is -3.30. The fourth-order valence-electron chi connectivity index (χ4n) is 16.1. The van der Waals surface area contributed by atoms with E-state index in [1.54, 1.807) is 108 Å². The topological polar surface area (TPSA) is 264 Å². The SMILES string of the molecule is CC(C)CNC(=O)Cc1ccc(-n2c(=O)c3ccccc3n(Cc3ccc(F)cc3)c2=O)cc1.CCOC(=O)N1CCc2c(sc3c2c(=O)n(-c2ccc(CC)cc2)c(=O)n3Cc2ccc(F)cc2Cl)C1.CCOC(=O)N1CCc2c(sc3c2c(=O)n(-c2ccc(F)cc2)c(=O)n3Cc2ccc(F)cc2Cl)C1.Cc1ccc(Cn2c(=O)n(-c3ccc(F)cc3F)c(=O)c3sccc32)c(C)c1. The predicted molar refractivity (Wildman–Crippen MR) is 513 cm³/mol. The molecule has 2 aliphatic heterocycles. The summed E-state index contributed by atoms with van der Waals surface area (Å²) in [5.41, 5.74) is 5.88. The molecule has 1 N–H and O–H groups in total. The van der Waals surface area contributed by atoms with Crippen molar-refractivity contribution in [1.29, 1.82) is 0 Å². The fraction of sp³-hybridized carbons (Fsp3) is 0.230. The Hall–Kier alpha value is -14.0. The molecular weight excluding hydrogens is 1840 g/mol. The van der Waals surface area contributed by atoms with E-state index in [0.717, 1.165) is 92.6 Å². The summed E-state index contributed by atoms with van der Waals surface area (Å²) >= 11 is 16.3. The Bertz CT molecular complexity index is 7840. The molecule has 0 aliphatic carbocycles. The molecular formula is C100H87Cl2F6N11O13S3. The predicted octanol–water partition coefficient (Wildman–Crippen LogP) is 17.7. The van der Waals surface area contributed by atoms with Gasteiger partial charge in [0.1, 0.15) is 49.3 Å². The maximum Gasteiger partial charge on any atom is 0.410 e. The van der Waals surface area contributed by atoms with E-state index in [9.17, 15) is 79.1 Å². The highest BCUT2D eigenvalue weighted by Gasteiger charge is 2.33. The smallest absolute Gasteiger partial charge is 0.410 e. The van der Waals surface area contributed by atoms with Gasteiger partial charge in [-0.05, 0) is 224 Å². The van der Waals surface area contributed by atoms with Gasteiger partial charge in [0.25, 0.3) is 22.2 Å². The molecule has 0 saturated heterocycles. The second-order valence-corrected chi connectivity index (χ2v) is 36.4. The molecule has 7 aromatic heterocycles. The van der Waals surface area contributed by atoms with Gasteiger partial charge in [-0.25, -0.2) is 73.4 Å². The van der Waals surface area contributed by atoms with E-state index < -0.39 is 86.3 Å². The molecule has 9 heterocycles. The van der Waals surface area contributed by atoms with E-state index in [-0.39, 0.29) is 85.5 Å². The molecule has 135 heavy (non-hydrogen) atoms. The summed E-state index contributed by atoms with van der Waals surface area (Å²) in [4.78, 5) is 150. The van der Waals surface area contributed by atoms with Gasteiger partial charge in [-0.2, -0.15) is 0 Å². The Labute approximate surface area is 787 Å². The van der Waals surface area contributed by atoms with Crippen LogP contribution in [0.5, 0.6) is 0 Å². The Balaban J connectivity index is 0.000000138. The van der Waals surface area contributed by atoms with Gasteiger partial charge in [-0.1, -0.05) is 128 Å². The van der Waals surface area contributed by atoms with Crippen molar-refractivity contribution < 1.29 is 50.2 Å². The number of para-hydroxylation sites is 1. The number of aryl methyl sites for hydroxylation is 3. The van der Waals surface area contributed by atoms with Crippen LogP contribution in [0.3, 0.4) is 0 Å². The van der Waals surface area contributed by atoms with Gasteiger partial charge in [0.2, 0.25) is 5.91 Å². The molecule has 0 bridgehead atoms. The molecule has 24 nitrogen and oxygen atoms in total. The zero-order valence-electron chi connectivity index (χ0n) is 73.8. The quantitative estimate of drug-likeness (QED) is 0.0739. The van der Waals surface area contributed by atoms with Crippen molar-refractivity contribution in [3.63, 3.8) is 0 Å². The van der Waals surface area contributed by atoms with Gasteiger partial charge in [0.05, 0.1) is 109 Å². The van der Waals surface area contributed by atoms with Crippen LogP contribution in [-0.4, -0.2) is 97.3 Å². The van der Waals surface area contributed by atoms with Crippen molar-refractivity contribution in [2.24, 2.45) is 5.92 Å². The van der Waals surface area contributed by atoms with Crippen LogP contribution in [0.25, 0.3) is 64.3 Å². The molecule has 18 rings (SSSR count). The summed E-state index contributed by atoms with van der Waals surface area (Å²) in [5, 5.41) is 6.16. The molecule has 0 unspecified atom stereocenters. The lowest BCUT2D eigenvalue weighted by Crippen LogP contribution is -2.39. The number of hydrogen-bond acceptors (Lipinski definition) is 16. The van der Waals surface area contributed by atoms with Gasteiger partial charge >= 0.3 is 34.9 Å². The molecule has 694 valence electrons. The molecule has 16 aromatic rings. The zero-order valence-corrected chi connectivity index (χ0v) is 77.8. The third kappa shape index (κ3) is 20.4. The van der Waals surface area contributed by atoms with Crippen LogP contribution >= 0.6 is 57.2 Å². The van der Waals surface area contributed by atoms with Crippen LogP contribution in [0.2, 0.25) is 10.0 Å². The number of ether oxygens (including phenoxy) is 2. The second-order valence-electron chi connectivity index (χ2n) is 32.5. The van der Waals surface area contributed by atoms with Crippen LogP contribution in [0.15, 0.2) is 244 Å². The minimum absolute atomic E-state index is 0.0170. The molecule has 0 saturated carbocycles. The molecule has 0 fully saturated rings. The third-order valence-electron chi connectivity index (χ3n) is 23.0. The molecule has 2 aliphatic rings. The summed E-state index contributed by atoms with van der Waals surface area (Å²) in [6, 6.07) is 50.4. The molecule has 0 atom stereocenters. The second kappa shape index (κ2) is 41.2. The summed E-state index contributed by atoms with van der Waals surface area (Å²) in [6.45, 7) is 16.4. The summed E-state index contributed by atoms with van der Waals surface area (Å²) in [7, 11) is 0. The number of thiophene rings is 3. The van der Waals surface area contributed by atoms with Gasteiger partial charge < -0.3 is 24.6 Å². The fourth-order valence-corrected chi connectivity index (χ4v) is 20.1. The van der Waals surface area contributed by atoms with E-state index >= 15 is 0 Å². The number of fused-ring (bicyclic) bond motifs is 8. The van der Waals surface area contributed by atoms with Crippen LogP contribution in [0.4, 0.5) is 35.9 Å². The van der Waals surface area contributed by atoms with Gasteiger partial charge in [-0.3, -0.25) is 42.2 Å². The van der Waals surface area contributed by atoms with E-state index in [0.29, 0.717) is 115 Å². The highest BCUT2D eigenvalue weighted by atomic mass is 35.5. The Morgan fingerprint density at radius 1 is 0.452 bits per heavy atom. The van der Waals surface area contributed by atoms with Crippen LogP contribution < -0.4 is 50.3 Å². The molecule has 0 spiro atoms. The Morgan fingerprint density at radius 3 is 1.40 bits per heavy atom. The average Bonchev–Trinajstić information content (AvgIpc) is 1.59. The number of halogens is 8.